The first-order valence-electron chi connectivity index (χ1n) is 11.5. The summed E-state index contributed by atoms with van der Waals surface area (Å²) in [5.41, 5.74) is 2.96. The number of nitrogens with one attached hydrogen (secondary N) is 1. The first-order chi connectivity index (χ1) is 17.3. The molecule has 1 aliphatic rings. The van der Waals surface area contributed by atoms with Crippen LogP contribution in [0.4, 0.5) is 14.5 Å². The van der Waals surface area contributed by atoms with Gasteiger partial charge in [0, 0.05) is 18.4 Å². The third-order valence-electron chi connectivity index (χ3n) is 6.54. The third kappa shape index (κ3) is 5.03. The van der Waals surface area contributed by atoms with Gasteiger partial charge in [0.25, 0.3) is 0 Å². The van der Waals surface area contributed by atoms with E-state index in [1.54, 1.807) is 12.3 Å². The molecule has 0 spiro atoms. The number of carboxylic acid groups (broad SMARTS) is 1. The van der Waals surface area contributed by atoms with Crippen molar-refractivity contribution in [3.8, 4) is 16.3 Å². The van der Waals surface area contributed by atoms with Crippen LogP contribution in [0.15, 0.2) is 65.0 Å². The van der Waals surface area contributed by atoms with E-state index >= 15 is 0 Å². The van der Waals surface area contributed by atoms with E-state index in [9.17, 15) is 18.7 Å². The highest BCUT2D eigenvalue weighted by Crippen LogP contribution is 2.44. The number of aromatic nitrogens is 1. The maximum absolute atomic E-state index is 13.7. The van der Waals surface area contributed by atoms with E-state index in [4.69, 9.17) is 4.74 Å². The first kappa shape index (κ1) is 24.5. The highest BCUT2D eigenvalue weighted by Gasteiger charge is 2.35. The molecule has 0 saturated heterocycles. The van der Waals surface area contributed by atoms with E-state index in [0.717, 1.165) is 31.1 Å². The number of aromatic carboxylic acids is 1. The predicted octanol–water partition coefficient (Wildman–Crippen LogP) is 8.08. The SMILES string of the molecule is COc1cc(C(=O)O)ccc1NSc1cnc(-c2cccc3c(C4CCC(F)(F)CC4)cccc23)s1. The highest BCUT2D eigenvalue weighted by molar-refractivity contribution is 8.02. The normalized spacial score (nSPS) is 15.6. The van der Waals surface area contributed by atoms with Gasteiger partial charge in [-0.3, -0.25) is 0 Å². The van der Waals surface area contributed by atoms with Crippen molar-refractivity contribution in [3.63, 3.8) is 0 Å². The molecular weight excluding hydrogens is 502 g/mol. The van der Waals surface area contributed by atoms with Crippen molar-refractivity contribution in [2.24, 2.45) is 0 Å². The van der Waals surface area contributed by atoms with Crippen molar-refractivity contribution in [2.75, 3.05) is 11.8 Å². The quantitative estimate of drug-likeness (QED) is 0.237. The zero-order chi connectivity index (χ0) is 25.3. The number of benzene rings is 3. The summed E-state index contributed by atoms with van der Waals surface area (Å²) < 4.78 is 36.9. The molecule has 5 nitrogen and oxygen atoms in total. The molecule has 5 rings (SSSR count). The molecule has 1 saturated carbocycles. The van der Waals surface area contributed by atoms with Gasteiger partial charge in [0.05, 0.1) is 24.6 Å². The number of methoxy groups -OCH3 is 1. The number of ether oxygens (including phenoxy) is 1. The third-order valence-corrected chi connectivity index (χ3v) is 8.49. The van der Waals surface area contributed by atoms with Gasteiger partial charge in [-0.25, -0.2) is 18.6 Å². The Hall–Kier alpha value is -3.17. The van der Waals surface area contributed by atoms with Crippen LogP contribution in [0.25, 0.3) is 21.3 Å². The zero-order valence-electron chi connectivity index (χ0n) is 19.5. The number of hydrogen-bond acceptors (Lipinski definition) is 6. The molecule has 4 aromatic rings. The summed E-state index contributed by atoms with van der Waals surface area (Å²) in [4.78, 5) is 15.8. The van der Waals surface area contributed by atoms with Crippen LogP contribution in [0, 0.1) is 0 Å². The van der Waals surface area contributed by atoms with Crippen LogP contribution in [0.2, 0.25) is 0 Å². The molecule has 0 amide bonds. The van der Waals surface area contributed by atoms with Crippen molar-refractivity contribution in [2.45, 2.75) is 41.7 Å². The second-order valence-electron chi connectivity index (χ2n) is 8.79. The fraction of sp³-hybridized carbons (Fsp3) is 0.259. The van der Waals surface area contributed by atoms with Crippen molar-refractivity contribution in [1.29, 1.82) is 0 Å². The van der Waals surface area contributed by atoms with Gasteiger partial charge in [-0.15, -0.1) is 11.3 Å². The predicted molar refractivity (Wildman–Crippen MR) is 141 cm³/mol. The van der Waals surface area contributed by atoms with Crippen LogP contribution in [0.1, 0.15) is 47.5 Å². The van der Waals surface area contributed by atoms with Gasteiger partial charge in [0.1, 0.15) is 15.0 Å². The summed E-state index contributed by atoms with van der Waals surface area (Å²) >= 11 is 2.91. The van der Waals surface area contributed by atoms with Gasteiger partial charge < -0.3 is 14.6 Å². The number of nitrogens with zero attached hydrogens (tertiary/aromatic N) is 1. The summed E-state index contributed by atoms with van der Waals surface area (Å²) in [6, 6.07) is 16.9. The maximum atomic E-state index is 13.7. The van der Waals surface area contributed by atoms with E-state index in [1.807, 2.05) is 18.2 Å². The molecule has 0 aliphatic heterocycles. The minimum absolute atomic E-state index is 0.0579. The number of alkyl halides is 2. The first-order valence-corrected chi connectivity index (χ1v) is 13.2. The second-order valence-corrected chi connectivity index (χ2v) is 10.9. The molecule has 1 heterocycles. The van der Waals surface area contributed by atoms with Gasteiger partial charge in [-0.05, 0) is 65.2 Å². The minimum atomic E-state index is -2.54. The Kier molecular flexibility index (Phi) is 6.85. The lowest BCUT2D eigenvalue weighted by Crippen LogP contribution is -2.23. The van der Waals surface area contributed by atoms with Crippen LogP contribution < -0.4 is 9.46 Å². The number of thiazole rings is 1. The van der Waals surface area contributed by atoms with Gasteiger partial charge in [0.15, 0.2) is 0 Å². The molecule has 9 heteroatoms. The van der Waals surface area contributed by atoms with E-state index < -0.39 is 11.9 Å². The molecule has 0 bridgehead atoms. The van der Waals surface area contributed by atoms with Crippen molar-refractivity contribution < 1.29 is 23.4 Å². The number of fused-ring (bicyclic) bond motifs is 1. The van der Waals surface area contributed by atoms with Gasteiger partial charge in [0.2, 0.25) is 5.92 Å². The van der Waals surface area contributed by atoms with Gasteiger partial charge in [-0.2, -0.15) is 0 Å². The molecule has 36 heavy (non-hydrogen) atoms. The van der Waals surface area contributed by atoms with Crippen LogP contribution in [0.5, 0.6) is 5.75 Å². The summed E-state index contributed by atoms with van der Waals surface area (Å²) in [6.45, 7) is 0. The lowest BCUT2D eigenvalue weighted by atomic mass is 9.80. The Morgan fingerprint density at radius 3 is 2.64 bits per heavy atom. The van der Waals surface area contributed by atoms with E-state index in [0.29, 0.717) is 24.3 Å². The number of rotatable bonds is 7. The number of carboxylic acids is 1. The fourth-order valence-corrected chi connectivity index (χ4v) is 6.38. The number of anilines is 1. The second kappa shape index (κ2) is 10.1. The number of carbonyl (C=O) groups is 1. The lowest BCUT2D eigenvalue weighted by molar-refractivity contribution is -0.0381. The molecule has 1 fully saturated rings. The van der Waals surface area contributed by atoms with E-state index in [-0.39, 0.29) is 24.3 Å². The van der Waals surface area contributed by atoms with Crippen LogP contribution in [-0.4, -0.2) is 29.1 Å². The van der Waals surface area contributed by atoms with Crippen molar-refractivity contribution in [3.05, 3.63) is 71.9 Å². The summed E-state index contributed by atoms with van der Waals surface area (Å²) in [7, 11) is 1.50. The number of halogens is 2. The summed E-state index contributed by atoms with van der Waals surface area (Å²) in [6.07, 6.45) is 2.67. The minimum Gasteiger partial charge on any atom is -0.495 e. The van der Waals surface area contributed by atoms with E-state index in [2.05, 4.69) is 27.9 Å². The Labute approximate surface area is 215 Å². The molecule has 0 radical (unpaired) electrons. The zero-order valence-corrected chi connectivity index (χ0v) is 21.1. The fourth-order valence-electron chi connectivity index (χ4n) is 4.67. The van der Waals surface area contributed by atoms with Crippen LogP contribution in [0.3, 0.4) is 0 Å². The Bertz CT molecular complexity index is 1410. The highest BCUT2D eigenvalue weighted by atomic mass is 32.2. The van der Waals surface area contributed by atoms with Crippen LogP contribution in [-0.2, 0) is 0 Å². The number of hydrogen-bond donors (Lipinski definition) is 2. The van der Waals surface area contributed by atoms with Crippen LogP contribution >= 0.6 is 23.3 Å². The molecule has 2 N–H and O–H groups in total. The molecule has 0 atom stereocenters. The molecule has 1 aliphatic carbocycles. The maximum Gasteiger partial charge on any atom is 0.335 e. The molecular formula is C27H24F2N2O3S2. The smallest absolute Gasteiger partial charge is 0.335 e. The Morgan fingerprint density at radius 2 is 1.89 bits per heavy atom. The summed E-state index contributed by atoms with van der Waals surface area (Å²) in [5.74, 6) is -2.98. The largest absolute Gasteiger partial charge is 0.495 e. The van der Waals surface area contributed by atoms with Crippen molar-refractivity contribution >= 4 is 45.7 Å². The molecule has 1 aromatic heterocycles. The van der Waals surface area contributed by atoms with Gasteiger partial charge in [-0.1, -0.05) is 36.4 Å². The topological polar surface area (TPSA) is 71.5 Å². The van der Waals surface area contributed by atoms with Crippen molar-refractivity contribution in [1.82, 2.24) is 4.98 Å². The average Bonchev–Trinajstić information content (AvgIpc) is 3.35. The standard InChI is InChI=1S/C27H24F2N2O3S2/c1-34-23-14-17(26(32)33)8-9-22(23)31-36-24-15-30-25(35-24)21-7-3-5-19-18(4-2-6-20(19)21)16-10-12-27(28,29)13-11-16/h2-9,14-16,31H,10-13H2,1H3,(H,32,33). The average molecular weight is 527 g/mol. The Morgan fingerprint density at radius 1 is 1.14 bits per heavy atom. The molecule has 0 unspecified atom stereocenters. The molecule has 3 aromatic carbocycles. The van der Waals surface area contributed by atoms with Gasteiger partial charge >= 0.3 is 5.97 Å². The van der Waals surface area contributed by atoms with E-state index in [1.165, 1.54) is 42.5 Å². The molecule has 186 valence electrons. The monoisotopic (exact) mass is 526 g/mol. The Balaban J connectivity index is 1.37. The summed E-state index contributed by atoms with van der Waals surface area (Å²) in [5, 5.41) is 12.2. The lowest BCUT2D eigenvalue weighted by Gasteiger charge is -2.29.